The van der Waals surface area contributed by atoms with Gasteiger partial charge in [0.1, 0.15) is 0 Å². The molecule has 1 aliphatic heterocycles. The van der Waals surface area contributed by atoms with E-state index in [0.29, 0.717) is 30.8 Å². The molecule has 172 valence electrons. The van der Waals surface area contributed by atoms with Crippen LogP contribution < -0.4 is 5.32 Å². The summed E-state index contributed by atoms with van der Waals surface area (Å²) in [6.45, 7) is 4.62. The first-order valence-electron chi connectivity index (χ1n) is 11.4. The van der Waals surface area contributed by atoms with Crippen molar-refractivity contribution in [2.75, 3.05) is 13.1 Å². The summed E-state index contributed by atoms with van der Waals surface area (Å²) in [7, 11) is -3.52. The first-order chi connectivity index (χ1) is 15.8. The van der Waals surface area contributed by atoms with Gasteiger partial charge in [0.25, 0.3) is 0 Å². The lowest BCUT2D eigenvalue weighted by Crippen LogP contribution is -2.43. The number of rotatable bonds is 6. The first kappa shape index (κ1) is 23.2. The van der Waals surface area contributed by atoms with Crippen molar-refractivity contribution in [3.05, 3.63) is 90.0 Å². The van der Waals surface area contributed by atoms with Crippen molar-refractivity contribution < 1.29 is 13.2 Å². The Balaban J connectivity index is 1.33. The maximum Gasteiger partial charge on any atom is 0.243 e. The molecule has 1 aliphatic rings. The van der Waals surface area contributed by atoms with Gasteiger partial charge in [0.2, 0.25) is 15.9 Å². The molecule has 3 aromatic carbocycles. The van der Waals surface area contributed by atoms with E-state index in [4.69, 9.17) is 0 Å². The third-order valence-electron chi connectivity index (χ3n) is 6.36. The lowest BCUT2D eigenvalue weighted by atomic mass is 9.96. The Kier molecular flexibility index (Phi) is 6.96. The van der Waals surface area contributed by atoms with E-state index in [9.17, 15) is 13.2 Å². The van der Waals surface area contributed by atoms with Crippen LogP contribution in [0.5, 0.6) is 0 Å². The number of hydrogen-bond donors (Lipinski definition) is 1. The number of sulfonamides is 1. The average Bonchev–Trinajstić information content (AvgIpc) is 2.85. The molecule has 1 unspecified atom stereocenters. The van der Waals surface area contributed by atoms with Gasteiger partial charge in [-0.3, -0.25) is 4.79 Å². The van der Waals surface area contributed by atoms with Crippen LogP contribution in [0, 0.1) is 12.8 Å². The van der Waals surface area contributed by atoms with Gasteiger partial charge in [-0.15, -0.1) is 0 Å². The van der Waals surface area contributed by atoms with Crippen molar-refractivity contribution >= 4 is 15.9 Å². The number of benzene rings is 3. The topological polar surface area (TPSA) is 66.5 Å². The molecule has 1 heterocycles. The summed E-state index contributed by atoms with van der Waals surface area (Å²) in [6, 6.07) is 25.2. The van der Waals surface area contributed by atoms with E-state index in [1.807, 2.05) is 44.2 Å². The molecule has 0 bridgehead atoms. The summed E-state index contributed by atoms with van der Waals surface area (Å²) in [5.74, 6) is -0.192. The zero-order valence-electron chi connectivity index (χ0n) is 19.1. The van der Waals surface area contributed by atoms with Gasteiger partial charge in [-0.1, -0.05) is 72.3 Å². The van der Waals surface area contributed by atoms with E-state index in [0.717, 1.165) is 22.3 Å². The van der Waals surface area contributed by atoms with Crippen molar-refractivity contribution in [1.29, 1.82) is 0 Å². The molecule has 0 saturated carbocycles. The lowest BCUT2D eigenvalue weighted by molar-refractivity contribution is -0.126. The van der Waals surface area contributed by atoms with E-state index in [2.05, 4.69) is 29.6 Å². The fourth-order valence-electron chi connectivity index (χ4n) is 4.23. The minimum Gasteiger partial charge on any atom is -0.349 e. The molecule has 1 N–H and O–H groups in total. The molecule has 1 saturated heterocycles. The van der Waals surface area contributed by atoms with Crippen LogP contribution in [0.25, 0.3) is 11.1 Å². The summed E-state index contributed by atoms with van der Waals surface area (Å²) in [4.78, 5) is 13.2. The number of aryl methyl sites for hydroxylation is 1. The molecule has 6 heteroatoms. The smallest absolute Gasteiger partial charge is 0.243 e. The van der Waals surface area contributed by atoms with Crippen LogP contribution in [0.3, 0.4) is 0 Å². The molecular formula is C27H30N2O3S. The second-order valence-corrected chi connectivity index (χ2v) is 10.6. The second-order valence-electron chi connectivity index (χ2n) is 8.71. The van der Waals surface area contributed by atoms with Crippen LogP contribution in [0.2, 0.25) is 0 Å². The number of carbonyl (C=O) groups excluding carboxylic acids is 1. The van der Waals surface area contributed by atoms with Gasteiger partial charge in [0.15, 0.2) is 0 Å². The number of nitrogens with zero attached hydrogens (tertiary/aromatic N) is 1. The van der Waals surface area contributed by atoms with Crippen LogP contribution in [-0.2, 0) is 14.8 Å². The van der Waals surface area contributed by atoms with E-state index in [1.165, 1.54) is 4.31 Å². The van der Waals surface area contributed by atoms with Crippen LogP contribution in [0.1, 0.15) is 36.9 Å². The predicted octanol–water partition coefficient (Wildman–Crippen LogP) is 4.94. The Hall–Kier alpha value is -2.96. The molecule has 0 aromatic heterocycles. The zero-order valence-corrected chi connectivity index (χ0v) is 19.9. The highest BCUT2D eigenvalue weighted by Gasteiger charge is 2.32. The number of piperidine rings is 1. The number of nitrogens with one attached hydrogen (secondary N) is 1. The fourth-order valence-corrected chi connectivity index (χ4v) is 5.70. The highest BCUT2D eigenvalue weighted by Crippen LogP contribution is 2.26. The Labute approximate surface area is 196 Å². The Morgan fingerprint density at radius 1 is 0.879 bits per heavy atom. The summed E-state index contributed by atoms with van der Waals surface area (Å²) < 4.78 is 27.3. The van der Waals surface area contributed by atoms with Crippen molar-refractivity contribution in [2.45, 2.75) is 37.6 Å². The molecule has 0 spiro atoms. The molecular weight excluding hydrogens is 432 g/mol. The summed E-state index contributed by atoms with van der Waals surface area (Å²) in [6.07, 6.45) is 1.05. The van der Waals surface area contributed by atoms with Crippen LogP contribution >= 0.6 is 0 Å². The third-order valence-corrected chi connectivity index (χ3v) is 8.27. The van der Waals surface area contributed by atoms with Gasteiger partial charge in [-0.25, -0.2) is 8.42 Å². The third kappa shape index (κ3) is 5.34. The minimum absolute atomic E-state index is 0.0120. The number of carbonyl (C=O) groups is 1. The Bertz CT molecular complexity index is 1180. The molecule has 33 heavy (non-hydrogen) atoms. The predicted molar refractivity (Wildman–Crippen MR) is 131 cm³/mol. The number of amides is 1. The van der Waals surface area contributed by atoms with Crippen LogP contribution in [0.4, 0.5) is 0 Å². The van der Waals surface area contributed by atoms with Gasteiger partial charge in [-0.05, 0) is 55.5 Å². The average molecular weight is 463 g/mol. The van der Waals surface area contributed by atoms with E-state index in [1.54, 1.807) is 24.3 Å². The quantitative estimate of drug-likeness (QED) is 0.564. The molecule has 0 radical (unpaired) electrons. The van der Waals surface area contributed by atoms with Gasteiger partial charge in [-0.2, -0.15) is 4.31 Å². The maximum absolute atomic E-state index is 12.9. The van der Waals surface area contributed by atoms with E-state index in [-0.39, 0.29) is 17.9 Å². The van der Waals surface area contributed by atoms with Crippen molar-refractivity contribution in [3.63, 3.8) is 0 Å². The summed E-state index contributed by atoms with van der Waals surface area (Å²) in [5, 5.41) is 3.11. The van der Waals surface area contributed by atoms with Crippen LogP contribution in [-0.4, -0.2) is 31.7 Å². The van der Waals surface area contributed by atoms with Gasteiger partial charge in [0, 0.05) is 19.0 Å². The van der Waals surface area contributed by atoms with Crippen molar-refractivity contribution in [1.82, 2.24) is 9.62 Å². The molecule has 3 aromatic rings. The fraction of sp³-hybridized carbons (Fsp3) is 0.296. The largest absolute Gasteiger partial charge is 0.349 e. The van der Waals surface area contributed by atoms with E-state index < -0.39 is 10.0 Å². The first-order valence-corrected chi connectivity index (χ1v) is 12.8. The minimum atomic E-state index is -3.52. The van der Waals surface area contributed by atoms with Crippen molar-refractivity contribution in [2.24, 2.45) is 5.92 Å². The lowest BCUT2D eigenvalue weighted by Gasteiger charge is -2.31. The normalized spacial score (nSPS) is 16.3. The molecule has 4 rings (SSSR count). The monoisotopic (exact) mass is 462 g/mol. The standard InChI is InChI=1S/C27H30N2O3S/c1-20-8-14-26(15-9-20)33(31,32)29-18-16-25(17-19-29)27(30)28-21(2)22-10-12-24(13-11-22)23-6-4-3-5-7-23/h3-15,21,25H,16-19H2,1-2H3,(H,28,30). The maximum atomic E-state index is 12.9. The molecule has 5 nitrogen and oxygen atoms in total. The number of hydrogen-bond acceptors (Lipinski definition) is 3. The molecule has 1 atom stereocenters. The summed E-state index contributed by atoms with van der Waals surface area (Å²) >= 11 is 0. The van der Waals surface area contributed by atoms with Gasteiger partial charge < -0.3 is 5.32 Å². The van der Waals surface area contributed by atoms with Gasteiger partial charge in [0.05, 0.1) is 10.9 Å². The van der Waals surface area contributed by atoms with Crippen molar-refractivity contribution in [3.8, 4) is 11.1 Å². The Morgan fingerprint density at radius 3 is 2.06 bits per heavy atom. The van der Waals surface area contributed by atoms with Gasteiger partial charge >= 0.3 is 0 Å². The van der Waals surface area contributed by atoms with Crippen LogP contribution in [0.15, 0.2) is 83.8 Å². The zero-order chi connectivity index (χ0) is 23.4. The molecule has 1 fully saturated rings. The SMILES string of the molecule is Cc1ccc(S(=O)(=O)N2CCC(C(=O)NC(C)c3ccc(-c4ccccc4)cc3)CC2)cc1. The van der Waals surface area contributed by atoms with E-state index >= 15 is 0 Å². The summed E-state index contributed by atoms with van der Waals surface area (Å²) in [5.41, 5.74) is 4.36. The molecule has 0 aliphatic carbocycles. The molecule has 1 amide bonds. The highest BCUT2D eigenvalue weighted by atomic mass is 32.2. The highest BCUT2D eigenvalue weighted by molar-refractivity contribution is 7.89. The second kappa shape index (κ2) is 9.89. The Morgan fingerprint density at radius 2 is 1.45 bits per heavy atom.